The lowest BCUT2D eigenvalue weighted by molar-refractivity contribution is -0.386. The molecule has 0 amide bonds. The van der Waals surface area contributed by atoms with Gasteiger partial charge in [0.1, 0.15) is 0 Å². The molecule has 0 aromatic heterocycles. The minimum atomic E-state index is -3.78. The van der Waals surface area contributed by atoms with Crippen LogP contribution in [0.2, 0.25) is 0 Å². The van der Waals surface area contributed by atoms with E-state index in [1.54, 1.807) is 0 Å². The number of sulfonamides is 1. The van der Waals surface area contributed by atoms with Gasteiger partial charge in [-0.25, -0.2) is 12.7 Å². The first kappa shape index (κ1) is 13.9. The summed E-state index contributed by atoms with van der Waals surface area (Å²) in [6, 6.07) is 1.92. The highest BCUT2D eigenvalue weighted by Crippen LogP contribution is 2.36. The molecule has 1 rings (SSSR count). The van der Waals surface area contributed by atoms with Gasteiger partial charge in [-0.3, -0.25) is 10.1 Å². The Balaban J connectivity index is 3.55. The summed E-state index contributed by atoms with van der Waals surface area (Å²) in [5, 5.41) is 20.0. The Labute approximate surface area is 106 Å². The number of halogens is 1. The van der Waals surface area contributed by atoms with Crippen LogP contribution in [0.1, 0.15) is 0 Å². The summed E-state index contributed by atoms with van der Waals surface area (Å²) < 4.78 is 24.4. The predicted molar refractivity (Wildman–Crippen MR) is 63.3 cm³/mol. The maximum absolute atomic E-state index is 11.8. The first-order chi connectivity index (χ1) is 7.67. The third kappa shape index (κ3) is 2.56. The number of aromatic hydroxyl groups is 1. The van der Waals surface area contributed by atoms with Crippen molar-refractivity contribution in [1.29, 1.82) is 0 Å². The first-order valence-electron chi connectivity index (χ1n) is 4.27. The molecule has 7 nitrogen and oxygen atoms in total. The molecule has 9 heteroatoms. The van der Waals surface area contributed by atoms with Gasteiger partial charge in [0, 0.05) is 20.2 Å². The number of hydrogen-bond acceptors (Lipinski definition) is 5. The van der Waals surface area contributed by atoms with Crippen molar-refractivity contribution in [2.45, 2.75) is 4.90 Å². The van der Waals surface area contributed by atoms with Crippen LogP contribution in [-0.2, 0) is 10.0 Å². The quantitative estimate of drug-likeness (QED) is 0.667. The molecule has 1 aromatic carbocycles. The maximum Gasteiger partial charge on any atom is 0.313 e. The van der Waals surface area contributed by atoms with E-state index in [0.717, 1.165) is 16.4 Å². The second kappa shape index (κ2) is 4.59. The van der Waals surface area contributed by atoms with E-state index in [1.165, 1.54) is 14.1 Å². The molecular weight excluding hydrogens is 316 g/mol. The number of rotatable bonds is 3. The molecule has 0 spiro atoms. The fourth-order valence-electron chi connectivity index (χ4n) is 1.06. The lowest BCUT2D eigenvalue weighted by Gasteiger charge is -2.11. The molecule has 1 N–H and O–H groups in total. The molecule has 0 fully saturated rings. The van der Waals surface area contributed by atoms with Crippen LogP contribution < -0.4 is 0 Å². The molecule has 0 saturated heterocycles. The monoisotopic (exact) mass is 324 g/mol. The van der Waals surface area contributed by atoms with Crippen molar-refractivity contribution in [3.8, 4) is 5.75 Å². The van der Waals surface area contributed by atoms with E-state index in [2.05, 4.69) is 15.9 Å². The molecule has 0 aliphatic rings. The second-order valence-corrected chi connectivity index (χ2v) is 6.32. The summed E-state index contributed by atoms with van der Waals surface area (Å²) in [5.41, 5.74) is -0.667. The van der Waals surface area contributed by atoms with Crippen LogP contribution >= 0.6 is 15.9 Å². The number of benzene rings is 1. The van der Waals surface area contributed by atoms with Crippen molar-refractivity contribution >= 4 is 31.6 Å². The van der Waals surface area contributed by atoms with Gasteiger partial charge in [-0.15, -0.1) is 0 Å². The van der Waals surface area contributed by atoms with Crippen LogP contribution in [0.25, 0.3) is 0 Å². The van der Waals surface area contributed by atoms with E-state index in [9.17, 15) is 23.6 Å². The molecule has 94 valence electrons. The minimum absolute atomic E-state index is 0.0490. The summed E-state index contributed by atoms with van der Waals surface area (Å²) in [7, 11) is -1.17. The number of nitro groups is 1. The average molecular weight is 325 g/mol. The van der Waals surface area contributed by atoms with E-state index in [1.807, 2.05) is 0 Å². The van der Waals surface area contributed by atoms with Gasteiger partial charge in [-0.2, -0.15) is 0 Å². The minimum Gasteiger partial charge on any atom is -0.501 e. The summed E-state index contributed by atoms with van der Waals surface area (Å²) in [6.45, 7) is 0. The topological polar surface area (TPSA) is 101 Å². The fraction of sp³-hybridized carbons (Fsp3) is 0.250. The van der Waals surface area contributed by atoms with Gasteiger partial charge in [0.2, 0.25) is 15.8 Å². The van der Waals surface area contributed by atoms with Crippen molar-refractivity contribution in [3.05, 3.63) is 26.7 Å². The van der Waals surface area contributed by atoms with Crippen LogP contribution in [0.4, 0.5) is 5.69 Å². The number of nitrogens with zero attached hydrogens (tertiary/aromatic N) is 2. The summed E-state index contributed by atoms with van der Waals surface area (Å²) in [5.74, 6) is -0.604. The Morgan fingerprint density at radius 2 is 1.94 bits per heavy atom. The van der Waals surface area contributed by atoms with Crippen molar-refractivity contribution < 1.29 is 18.4 Å². The van der Waals surface area contributed by atoms with Crippen LogP contribution in [0, 0.1) is 10.1 Å². The standard InChI is InChI=1S/C8H9BrN2O5S/c1-10(2)17(15,16)5-3-6(9)8(12)7(4-5)11(13)14/h3-4,12H,1-2H3. The highest BCUT2D eigenvalue weighted by molar-refractivity contribution is 9.10. The van der Waals surface area contributed by atoms with E-state index < -0.39 is 26.4 Å². The van der Waals surface area contributed by atoms with Crippen molar-refractivity contribution in [2.75, 3.05) is 14.1 Å². The molecule has 0 aliphatic carbocycles. The molecule has 0 atom stereocenters. The van der Waals surface area contributed by atoms with Crippen molar-refractivity contribution in [2.24, 2.45) is 0 Å². The van der Waals surface area contributed by atoms with Crippen molar-refractivity contribution in [1.82, 2.24) is 4.31 Å². The van der Waals surface area contributed by atoms with E-state index in [0.29, 0.717) is 0 Å². The number of hydrogen-bond donors (Lipinski definition) is 1. The highest BCUT2D eigenvalue weighted by atomic mass is 79.9. The summed E-state index contributed by atoms with van der Waals surface area (Å²) in [4.78, 5) is 9.52. The Morgan fingerprint density at radius 1 is 1.41 bits per heavy atom. The molecule has 0 aliphatic heterocycles. The Morgan fingerprint density at radius 3 is 2.35 bits per heavy atom. The van der Waals surface area contributed by atoms with Gasteiger partial charge in [0.15, 0.2) is 0 Å². The highest BCUT2D eigenvalue weighted by Gasteiger charge is 2.25. The van der Waals surface area contributed by atoms with Gasteiger partial charge < -0.3 is 5.11 Å². The fourth-order valence-corrected chi connectivity index (χ4v) is 2.61. The molecule has 0 heterocycles. The molecule has 0 unspecified atom stereocenters. The molecule has 0 saturated carbocycles. The average Bonchev–Trinajstić information content (AvgIpc) is 2.20. The number of nitro benzene ring substituents is 1. The number of phenols is 1. The van der Waals surface area contributed by atoms with E-state index in [-0.39, 0.29) is 9.37 Å². The smallest absolute Gasteiger partial charge is 0.313 e. The molecule has 0 bridgehead atoms. The molecule has 17 heavy (non-hydrogen) atoms. The van der Waals surface area contributed by atoms with Gasteiger partial charge >= 0.3 is 5.69 Å². The van der Waals surface area contributed by atoms with Crippen LogP contribution in [-0.4, -0.2) is 36.8 Å². The zero-order valence-corrected chi connectivity index (χ0v) is 11.3. The molecule has 1 aromatic rings. The normalized spacial score (nSPS) is 11.8. The largest absolute Gasteiger partial charge is 0.501 e. The zero-order valence-electron chi connectivity index (χ0n) is 8.92. The zero-order chi connectivity index (χ0) is 13.4. The van der Waals surface area contributed by atoms with Gasteiger partial charge in [-0.05, 0) is 22.0 Å². The van der Waals surface area contributed by atoms with Gasteiger partial charge in [-0.1, -0.05) is 0 Å². The first-order valence-corrected chi connectivity index (χ1v) is 6.50. The lowest BCUT2D eigenvalue weighted by atomic mass is 10.3. The second-order valence-electron chi connectivity index (χ2n) is 3.32. The van der Waals surface area contributed by atoms with E-state index >= 15 is 0 Å². The Kier molecular flexibility index (Phi) is 3.74. The summed E-state index contributed by atoms with van der Waals surface area (Å²) in [6.07, 6.45) is 0. The Hall–Kier alpha value is -1.19. The SMILES string of the molecule is CN(C)S(=O)(=O)c1cc(Br)c(O)c([N+](=O)[O-])c1. The lowest BCUT2D eigenvalue weighted by Crippen LogP contribution is -2.22. The van der Waals surface area contributed by atoms with E-state index in [4.69, 9.17) is 0 Å². The van der Waals surface area contributed by atoms with Gasteiger partial charge in [0.25, 0.3) is 0 Å². The molecule has 0 radical (unpaired) electrons. The number of phenolic OH excluding ortho intramolecular Hbond substituents is 1. The van der Waals surface area contributed by atoms with Crippen LogP contribution in [0.15, 0.2) is 21.5 Å². The third-order valence-corrected chi connectivity index (χ3v) is 4.39. The van der Waals surface area contributed by atoms with Crippen LogP contribution in [0.3, 0.4) is 0 Å². The molecular formula is C8H9BrN2O5S. The van der Waals surface area contributed by atoms with Crippen molar-refractivity contribution in [3.63, 3.8) is 0 Å². The summed E-state index contributed by atoms with van der Waals surface area (Å²) >= 11 is 2.87. The van der Waals surface area contributed by atoms with Crippen LogP contribution in [0.5, 0.6) is 5.75 Å². The van der Waals surface area contributed by atoms with Gasteiger partial charge in [0.05, 0.1) is 14.3 Å². The predicted octanol–water partition coefficient (Wildman–Crippen LogP) is 1.31. The third-order valence-electron chi connectivity index (χ3n) is 1.99. The maximum atomic E-state index is 11.8. The Bertz CT molecular complexity index is 570.